The van der Waals surface area contributed by atoms with E-state index in [0.717, 1.165) is 12.8 Å². The molecule has 0 radical (unpaired) electrons. The van der Waals surface area contributed by atoms with Gasteiger partial charge in [-0.1, -0.05) is 0 Å². The van der Waals surface area contributed by atoms with Crippen LogP contribution in [0.1, 0.15) is 37.8 Å². The molecule has 2 aromatic carbocycles. The molecule has 3 heteroatoms. The van der Waals surface area contributed by atoms with Crippen molar-refractivity contribution in [3.63, 3.8) is 0 Å². The number of halogens is 2. The molecule has 28 heavy (non-hydrogen) atoms. The molecule has 2 aromatic rings. The molecule has 0 heterocycles. The second-order valence-corrected chi connectivity index (χ2v) is 10.9. The van der Waals surface area contributed by atoms with Gasteiger partial charge in [-0.15, -0.1) is 24.8 Å². The maximum atomic E-state index is 2.35. The Kier molecular flexibility index (Phi) is 8.46. The minimum absolute atomic E-state index is 0. The van der Waals surface area contributed by atoms with Crippen molar-refractivity contribution < 1.29 is 17.4 Å². The van der Waals surface area contributed by atoms with Crippen LogP contribution in [0.3, 0.4) is 0 Å². The van der Waals surface area contributed by atoms with Gasteiger partial charge in [-0.3, -0.25) is 0 Å². The van der Waals surface area contributed by atoms with Gasteiger partial charge in [0.15, 0.2) is 0 Å². The molecule has 0 unspecified atom stereocenters. The Morgan fingerprint density at radius 2 is 1.04 bits per heavy atom. The van der Waals surface area contributed by atoms with Crippen molar-refractivity contribution in [3.8, 4) is 0 Å². The SMILES string of the molecule is CC1=[C]([Ti]([C]2=C(C)C=CC2)=[C](c2ccccc2)c2ccccc2)CC=C1.Cl.Cl. The topological polar surface area (TPSA) is 0 Å². The van der Waals surface area contributed by atoms with Crippen molar-refractivity contribution in [1.82, 2.24) is 0 Å². The number of rotatable bonds is 4. The summed E-state index contributed by atoms with van der Waals surface area (Å²) in [5, 5.41) is 0. The second kappa shape index (κ2) is 10.4. The molecule has 0 spiro atoms. The molecule has 0 saturated carbocycles. The van der Waals surface area contributed by atoms with Gasteiger partial charge in [0, 0.05) is 0 Å². The van der Waals surface area contributed by atoms with Crippen LogP contribution in [0.25, 0.3) is 0 Å². The van der Waals surface area contributed by atoms with E-state index in [1.165, 1.54) is 22.3 Å². The van der Waals surface area contributed by atoms with E-state index in [1.54, 1.807) is 11.6 Å². The summed E-state index contributed by atoms with van der Waals surface area (Å²) in [7, 11) is 0. The zero-order chi connectivity index (χ0) is 17.9. The summed E-state index contributed by atoms with van der Waals surface area (Å²) in [6, 6.07) is 22.1. The average molecular weight is 445 g/mol. The van der Waals surface area contributed by atoms with Crippen LogP contribution in [-0.4, -0.2) is 3.81 Å². The molecule has 0 nitrogen and oxygen atoms in total. The Labute approximate surface area is 186 Å². The van der Waals surface area contributed by atoms with Crippen LogP contribution < -0.4 is 0 Å². The molecule has 0 bridgehead atoms. The minimum Gasteiger partial charge on any atom is -0.147 e. The normalized spacial score (nSPS) is 14.8. The van der Waals surface area contributed by atoms with Gasteiger partial charge in [0.2, 0.25) is 0 Å². The van der Waals surface area contributed by atoms with Gasteiger partial charge in [-0.05, 0) is 0 Å². The van der Waals surface area contributed by atoms with Crippen molar-refractivity contribution in [2.24, 2.45) is 0 Å². The third kappa shape index (κ3) is 4.58. The molecule has 0 amide bonds. The van der Waals surface area contributed by atoms with Crippen LogP contribution in [0.2, 0.25) is 0 Å². The van der Waals surface area contributed by atoms with Gasteiger partial charge >= 0.3 is 163 Å². The molecule has 0 atom stereocenters. The zero-order valence-electron chi connectivity index (χ0n) is 16.3. The largest absolute Gasteiger partial charge is 0.147 e. The van der Waals surface area contributed by atoms with E-state index in [0.29, 0.717) is 0 Å². The van der Waals surface area contributed by atoms with Gasteiger partial charge in [0.05, 0.1) is 0 Å². The Morgan fingerprint density at radius 1 is 0.643 bits per heavy atom. The van der Waals surface area contributed by atoms with Gasteiger partial charge in [-0.25, -0.2) is 0 Å². The summed E-state index contributed by atoms with van der Waals surface area (Å²) in [4.78, 5) is 0. The van der Waals surface area contributed by atoms with E-state index in [2.05, 4.69) is 98.8 Å². The molecular weight excluding hydrogens is 419 g/mol. The Balaban J connectivity index is 0.00000140. The summed E-state index contributed by atoms with van der Waals surface area (Å²) in [6.45, 7) is 4.61. The summed E-state index contributed by atoms with van der Waals surface area (Å²) in [5.74, 6) is 0. The maximum absolute atomic E-state index is 2.35. The summed E-state index contributed by atoms with van der Waals surface area (Å²) in [5.41, 5.74) is 5.79. The van der Waals surface area contributed by atoms with Crippen molar-refractivity contribution >= 4 is 28.6 Å². The summed E-state index contributed by atoms with van der Waals surface area (Å²) >= 11 is -1.83. The molecule has 0 fully saturated rings. The molecule has 0 N–H and O–H groups in total. The third-order valence-corrected chi connectivity index (χ3v) is 10.7. The second-order valence-electron chi connectivity index (χ2n) is 7.02. The molecule has 2 aliphatic carbocycles. The van der Waals surface area contributed by atoms with Crippen molar-refractivity contribution in [2.45, 2.75) is 26.7 Å². The van der Waals surface area contributed by atoms with E-state index >= 15 is 0 Å². The molecule has 2 aliphatic rings. The average Bonchev–Trinajstić information content (AvgIpc) is 3.29. The van der Waals surface area contributed by atoms with E-state index in [4.69, 9.17) is 0 Å². The summed E-state index contributed by atoms with van der Waals surface area (Å²) in [6.07, 6.45) is 11.6. The standard InChI is InChI=1S/C13H10.2C6H7.2ClH.Ti/c1-3-7-12(8-4-1)11-13-9-5-2-6-10-13;2*1-6-4-2-3-5-6;;;/h1-10H;2*2,4H,3H2,1H3;2*1H;. The minimum atomic E-state index is -1.83. The monoisotopic (exact) mass is 444 g/mol. The molecule has 4 rings (SSSR count). The predicted molar refractivity (Wildman–Crippen MR) is 124 cm³/mol. The van der Waals surface area contributed by atoms with Crippen molar-refractivity contribution in [3.05, 3.63) is 115 Å². The third-order valence-electron chi connectivity index (χ3n) is 5.31. The van der Waals surface area contributed by atoms with E-state index < -0.39 is 17.4 Å². The van der Waals surface area contributed by atoms with Crippen molar-refractivity contribution in [1.29, 1.82) is 0 Å². The smallest absolute Gasteiger partial charge is 0.147 e. The number of allylic oxidation sites excluding steroid dienone is 8. The van der Waals surface area contributed by atoms with E-state index in [-0.39, 0.29) is 24.8 Å². The zero-order valence-corrected chi connectivity index (χ0v) is 19.5. The summed E-state index contributed by atoms with van der Waals surface area (Å²) < 4.78 is 5.03. The van der Waals surface area contributed by atoms with Crippen LogP contribution in [0, 0.1) is 0 Å². The Hall–Kier alpha value is -1.44. The molecule has 0 saturated heterocycles. The molecule has 0 aromatic heterocycles. The fourth-order valence-electron chi connectivity index (χ4n) is 3.98. The molecule has 144 valence electrons. The van der Waals surface area contributed by atoms with Gasteiger partial charge < -0.3 is 0 Å². The van der Waals surface area contributed by atoms with Gasteiger partial charge in [-0.2, -0.15) is 0 Å². The number of benzene rings is 2. The van der Waals surface area contributed by atoms with Gasteiger partial charge in [0.1, 0.15) is 0 Å². The van der Waals surface area contributed by atoms with E-state index in [9.17, 15) is 0 Å². The van der Waals surface area contributed by atoms with E-state index in [1.807, 2.05) is 0 Å². The number of hydrogen-bond donors (Lipinski definition) is 0. The van der Waals surface area contributed by atoms with Crippen LogP contribution >= 0.6 is 24.8 Å². The predicted octanol–water partition coefficient (Wildman–Crippen LogP) is 7.19. The fraction of sp³-hybridized carbons (Fsp3) is 0.160. The van der Waals surface area contributed by atoms with Crippen LogP contribution in [0.5, 0.6) is 0 Å². The maximum Gasteiger partial charge on any atom is -0.147 e. The van der Waals surface area contributed by atoms with Crippen LogP contribution in [0.15, 0.2) is 104 Å². The molecule has 0 aliphatic heterocycles. The molecular formula is C25H26Cl2Ti. The first-order valence-corrected chi connectivity index (χ1v) is 11.7. The first-order valence-electron chi connectivity index (χ1n) is 9.34. The van der Waals surface area contributed by atoms with Gasteiger partial charge in [0.25, 0.3) is 0 Å². The first kappa shape index (κ1) is 22.8. The Bertz CT molecular complexity index is 898. The quantitative estimate of drug-likeness (QED) is 0.437. The number of hydrogen-bond acceptors (Lipinski definition) is 0. The van der Waals surface area contributed by atoms with Crippen LogP contribution in [0.4, 0.5) is 0 Å². The fourth-order valence-corrected chi connectivity index (χ4v) is 9.41. The van der Waals surface area contributed by atoms with Crippen LogP contribution in [-0.2, 0) is 17.4 Å². The Morgan fingerprint density at radius 3 is 1.36 bits per heavy atom. The first-order chi connectivity index (χ1) is 12.8. The van der Waals surface area contributed by atoms with Crippen molar-refractivity contribution in [2.75, 3.05) is 0 Å².